The van der Waals surface area contributed by atoms with Crippen molar-refractivity contribution in [2.75, 3.05) is 31.7 Å². The van der Waals surface area contributed by atoms with Crippen LogP contribution in [0, 0.1) is 16.7 Å². The molecular weight excluding hydrogens is 578 g/mol. The number of hydrogen-bond acceptors (Lipinski definition) is 6. The number of halogens is 3. The summed E-state index contributed by atoms with van der Waals surface area (Å²) in [5.41, 5.74) is -0.769. The molecule has 228 valence electrons. The number of aromatic nitrogens is 4. The number of ether oxygens (including phenoxy) is 1. The Balaban J connectivity index is 1.64. The van der Waals surface area contributed by atoms with Crippen molar-refractivity contribution in [3.05, 3.63) is 42.0 Å². The second-order valence-corrected chi connectivity index (χ2v) is 15.2. The number of piperidine rings is 1. The topological polar surface area (TPSA) is 111 Å². The lowest BCUT2D eigenvalue weighted by Gasteiger charge is -2.43. The quantitative estimate of drug-likeness (QED) is 0.252. The normalized spacial score (nSPS) is 17.4. The van der Waals surface area contributed by atoms with Crippen LogP contribution in [0.4, 0.5) is 23.8 Å². The number of likely N-dealkylation sites (tertiary alicyclic amines) is 1. The van der Waals surface area contributed by atoms with E-state index >= 15 is 0 Å². The molecule has 13 heteroatoms. The van der Waals surface area contributed by atoms with E-state index in [0.29, 0.717) is 29.4 Å². The lowest BCUT2D eigenvalue weighted by atomic mass is 9.82. The van der Waals surface area contributed by atoms with Crippen LogP contribution < -0.4 is 10.6 Å². The minimum atomic E-state index is -4.75. The number of carbonyl (C=O) groups excluding carboxylic acids is 1. The molecule has 1 aliphatic heterocycles. The summed E-state index contributed by atoms with van der Waals surface area (Å²) >= 11 is 0. The van der Waals surface area contributed by atoms with Gasteiger partial charge >= 0.3 is 12.3 Å². The van der Waals surface area contributed by atoms with Gasteiger partial charge in [0, 0.05) is 54.0 Å². The monoisotopic (exact) mass is 613 g/mol. The fourth-order valence-electron chi connectivity index (χ4n) is 5.88. The molecule has 0 spiro atoms. The average Bonchev–Trinajstić information content (AvgIpc) is 3.52. The number of benzene rings is 1. The molecule has 4 heterocycles. The van der Waals surface area contributed by atoms with Crippen molar-refractivity contribution in [1.29, 1.82) is 5.26 Å². The van der Waals surface area contributed by atoms with E-state index < -0.39 is 31.5 Å². The minimum absolute atomic E-state index is 0.0289. The maximum atomic E-state index is 14.7. The van der Waals surface area contributed by atoms with Crippen LogP contribution in [0.25, 0.3) is 27.8 Å². The highest BCUT2D eigenvalue weighted by Gasteiger charge is 2.41. The molecule has 1 fully saturated rings. The zero-order chi connectivity index (χ0) is 31.5. The largest absolute Gasteiger partial charge is 0.444 e. The maximum Gasteiger partial charge on any atom is 0.433 e. The van der Waals surface area contributed by atoms with Gasteiger partial charge < -0.3 is 19.9 Å². The van der Waals surface area contributed by atoms with E-state index in [1.54, 1.807) is 37.8 Å². The van der Waals surface area contributed by atoms with Gasteiger partial charge in [-0.1, -0.05) is 27.8 Å². The summed E-state index contributed by atoms with van der Waals surface area (Å²) in [6.45, 7) is 14.2. The van der Waals surface area contributed by atoms with Crippen molar-refractivity contribution in [2.24, 2.45) is 5.41 Å². The van der Waals surface area contributed by atoms with Crippen molar-refractivity contribution < 1.29 is 22.7 Å². The molecule has 1 aliphatic rings. The van der Waals surface area contributed by atoms with Gasteiger partial charge in [-0.3, -0.25) is 4.40 Å². The number of H-pyrrole nitrogens is 1. The van der Waals surface area contributed by atoms with Gasteiger partial charge in [0.25, 0.3) is 0 Å². The van der Waals surface area contributed by atoms with E-state index in [-0.39, 0.29) is 40.7 Å². The van der Waals surface area contributed by atoms with Crippen molar-refractivity contribution in [2.45, 2.75) is 58.9 Å². The number of imidazole rings is 1. The van der Waals surface area contributed by atoms with Gasteiger partial charge in [0.2, 0.25) is 0 Å². The van der Waals surface area contributed by atoms with Crippen LogP contribution in [-0.4, -0.2) is 68.4 Å². The Bertz CT molecular complexity index is 1740. The molecule has 3 aromatic heterocycles. The highest BCUT2D eigenvalue weighted by atomic mass is 31.1. The third-order valence-electron chi connectivity index (χ3n) is 7.31. The molecule has 5 rings (SSSR count). The van der Waals surface area contributed by atoms with E-state index in [2.05, 4.69) is 26.3 Å². The molecule has 0 radical (unpaired) electrons. The van der Waals surface area contributed by atoms with Crippen molar-refractivity contribution in [3.63, 3.8) is 0 Å². The molecule has 1 saturated heterocycles. The van der Waals surface area contributed by atoms with Crippen molar-refractivity contribution >= 4 is 41.7 Å². The van der Waals surface area contributed by atoms with Gasteiger partial charge in [-0.25, -0.2) is 14.8 Å². The Morgan fingerprint density at radius 3 is 2.60 bits per heavy atom. The SMILES string of the molecule is CP(C)c1c(C#N)ccc2c(-c3nc(NC4CN(C(=O)OC(C)(C)C)CC(C)(C)C4)c4nccn4c3C(F)(F)F)c[nH]c12. The molecule has 0 saturated carbocycles. The fraction of sp³-hybridized carbons (Fsp3) is 0.467. The van der Waals surface area contributed by atoms with Crippen LogP contribution >= 0.6 is 7.92 Å². The highest BCUT2D eigenvalue weighted by Crippen LogP contribution is 2.42. The summed E-state index contributed by atoms with van der Waals surface area (Å²) in [5.74, 6) is 0.177. The Morgan fingerprint density at radius 1 is 1.26 bits per heavy atom. The first-order chi connectivity index (χ1) is 20.0. The second kappa shape index (κ2) is 10.7. The van der Waals surface area contributed by atoms with Gasteiger partial charge in [-0.15, -0.1) is 0 Å². The highest BCUT2D eigenvalue weighted by molar-refractivity contribution is 7.64. The smallest absolute Gasteiger partial charge is 0.433 e. The Labute approximate surface area is 249 Å². The van der Waals surface area contributed by atoms with Gasteiger partial charge in [0.05, 0.1) is 17.1 Å². The number of anilines is 1. The Hall–Kier alpha value is -3.84. The molecule has 2 N–H and O–H groups in total. The van der Waals surface area contributed by atoms with E-state index in [9.17, 15) is 23.2 Å². The van der Waals surface area contributed by atoms with E-state index in [0.717, 1.165) is 9.71 Å². The first-order valence-corrected chi connectivity index (χ1v) is 16.1. The fourth-order valence-corrected chi connectivity index (χ4v) is 7.12. The number of nitrogens with one attached hydrogen (secondary N) is 2. The molecule has 0 aliphatic carbocycles. The van der Waals surface area contributed by atoms with Crippen molar-refractivity contribution in [1.82, 2.24) is 24.3 Å². The standard InChI is InChI=1S/C30H35F3N7O2P/c1-28(2,3)42-27(41)39-15-18(12-29(4,5)16-39)37-25-26-35-10-11-40(26)24(30(31,32)33)22(38-25)20-14-36-21-19(20)9-8-17(13-34)23(21)43(6)7/h8-11,14,18,36H,12,15-16H2,1-7H3,(H,37,38). The Morgan fingerprint density at radius 2 is 1.98 bits per heavy atom. The molecule has 9 nitrogen and oxygen atoms in total. The number of alkyl halides is 3. The number of carbonyl (C=O) groups is 1. The molecule has 1 aromatic carbocycles. The molecule has 0 bridgehead atoms. The van der Waals surface area contributed by atoms with E-state index in [1.165, 1.54) is 18.6 Å². The Kier molecular flexibility index (Phi) is 7.62. The lowest BCUT2D eigenvalue weighted by Crippen LogP contribution is -2.53. The van der Waals surface area contributed by atoms with Crippen molar-refractivity contribution in [3.8, 4) is 17.3 Å². The number of nitriles is 1. The zero-order valence-electron chi connectivity index (χ0n) is 25.2. The number of aromatic amines is 1. The number of fused-ring (bicyclic) bond motifs is 2. The third kappa shape index (κ3) is 6.00. The van der Waals surface area contributed by atoms with Gasteiger partial charge in [0.1, 0.15) is 11.3 Å². The molecule has 43 heavy (non-hydrogen) atoms. The number of rotatable bonds is 4. The van der Waals surface area contributed by atoms with Gasteiger partial charge in [-0.05, 0) is 52.0 Å². The van der Waals surface area contributed by atoms with Gasteiger partial charge in [0.15, 0.2) is 17.2 Å². The number of amides is 1. The van der Waals surface area contributed by atoms with Gasteiger partial charge in [-0.2, -0.15) is 18.4 Å². The average molecular weight is 614 g/mol. The second-order valence-electron chi connectivity index (χ2n) is 12.9. The van der Waals surface area contributed by atoms with E-state index in [4.69, 9.17) is 4.74 Å². The minimum Gasteiger partial charge on any atom is -0.444 e. The third-order valence-corrected chi connectivity index (χ3v) is 8.67. The molecule has 1 atom stereocenters. The zero-order valence-corrected chi connectivity index (χ0v) is 26.1. The molecule has 4 aromatic rings. The summed E-state index contributed by atoms with van der Waals surface area (Å²) in [7, 11) is -0.741. The summed E-state index contributed by atoms with van der Waals surface area (Å²) in [4.78, 5) is 26.6. The van der Waals surface area contributed by atoms with Crippen LogP contribution in [0.1, 0.15) is 52.3 Å². The number of nitrogens with zero attached hydrogens (tertiary/aromatic N) is 5. The summed E-state index contributed by atoms with van der Waals surface area (Å²) in [6.07, 6.45) is -0.448. The predicted octanol–water partition coefficient (Wildman–Crippen LogP) is 6.58. The first-order valence-electron chi connectivity index (χ1n) is 13.9. The van der Waals surface area contributed by atoms with Crippen LogP contribution in [0.3, 0.4) is 0 Å². The van der Waals surface area contributed by atoms with Crippen LogP contribution in [0.5, 0.6) is 0 Å². The van der Waals surface area contributed by atoms with Crippen LogP contribution in [-0.2, 0) is 10.9 Å². The lowest BCUT2D eigenvalue weighted by molar-refractivity contribution is -0.141. The number of hydrogen-bond donors (Lipinski definition) is 2. The summed E-state index contributed by atoms with van der Waals surface area (Å²) in [6, 6.07) is 5.18. The summed E-state index contributed by atoms with van der Waals surface area (Å²) < 4.78 is 50.8. The predicted molar refractivity (Wildman–Crippen MR) is 162 cm³/mol. The van der Waals surface area contributed by atoms with E-state index in [1.807, 2.05) is 27.2 Å². The first kappa shape index (κ1) is 30.6. The molecule has 1 amide bonds. The van der Waals surface area contributed by atoms with Crippen LogP contribution in [0.15, 0.2) is 30.7 Å². The molecule has 1 unspecified atom stereocenters. The summed E-state index contributed by atoms with van der Waals surface area (Å²) in [5, 5.41) is 14.3. The maximum absolute atomic E-state index is 14.7. The molecular formula is C30H35F3N7O2P. The van der Waals surface area contributed by atoms with Crippen LogP contribution in [0.2, 0.25) is 0 Å².